The van der Waals surface area contributed by atoms with Gasteiger partial charge in [-0.05, 0) is 67.2 Å². The minimum Gasteiger partial charge on any atom is -0.486 e. The zero-order valence-corrected chi connectivity index (χ0v) is 18.3. The van der Waals surface area contributed by atoms with Crippen LogP contribution in [-0.4, -0.2) is 32.1 Å². The molecule has 6 nitrogen and oxygen atoms in total. The number of carboxylic acid groups (broad SMARTS) is 1. The quantitative estimate of drug-likeness (QED) is 0.621. The van der Waals surface area contributed by atoms with E-state index in [4.69, 9.17) is 9.84 Å². The molecule has 1 aliphatic heterocycles. The standard InChI is InChI=1S/C23H22F3NO5S/c24-23(25,26)17-6-3-7-19(13-17)33(30,31)27-14-18(9-11-22(28)29)32-21-10-8-16(12-20(21)27)15-4-1-2-5-15/h3-4,6-8,10,12-13,18H,1-2,5,9,11,14H2,(H,28,29). The maximum atomic E-state index is 13.5. The summed E-state index contributed by atoms with van der Waals surface area (Å²) in [5.74, 6) is -0.810. The molecule has 2 aliphatic rings. The second-order valence-corrected chi connectivity index (χ2v) is 9.90. The summed E-state index contributed by atoms with van der Waals surface area (Å²) < 4.78 is 73.6. The Balaban J connectivity index is 1.78. The topological polar surface area (TPSA) is 83.9 Å². The van der Waals surface area contributed by atoms with Gasteiger partial charge in [0.05, 0.1) is 22.7 Å². The minimum atomic E-state index is -4.69. The van der Waals surface area contributed by atoms with Crippen LogP contribution in [0.25, 0.3) is 5.57 Å². The van der Waals surface area contributed by atoms with Gasteiger partial charge in [0.15, 0.2) is 0 Å². The van der Waals surface area contributed by atoms with Gasteiger partial charge in [-0.25, -0.2) is 8.42 Å². The molecule has 0 amide bonds. The van der Waals surface area contributed by atoms with Crippen molar-refractivity contribution in [2.75, 3.05) is 10.8 Å². The third-order valence-corrected chi connectivity index (χ3v) is 7.51. The van der Waals surface area contributed by atoms with Crippen LogP contribution in [0.3, 0.4) is 0 Å². The average molecular weight is 481 g/mol. The lowest BCUT2D eigenvalue weighted by atomic mass is 10.0. The number of nitrogens with zero attached hydrogens (tertiary/aromatic N) is 1. The molecule has 0 bridgehead atoms. The van der Waals surface area contributed by atoms with Crippen molar-refractivity contribution in [2.24, 2.45) is 0 Å². The van der Waals surface area contributed by atoms with E-state index < -0.39 is 38.7 Å². The van der Waals surface area contributed by atoms with E-state index in [9.17, 15) is 26.4 Å². The van der Waals surface area contributed by atoms with Crippen molar-refractivity contribution in [2.45, 2.75) is 49.3 Å². The van der Waals surface area contributed by atoms with Gasteiger partial charge in [0.1, 0.15) is 11.9 Å². The summed E-state index contributed by atoms with van der Waals surface area (Å²) in [6, 6.07) is 8.71. The number of allylic oxidation sites excluding steroid dienone is 2. The van der Waals surface area contributed by atoms with Gasteiger partial charge in [-0.3, -0.25) is 9.10 Å². The first-order valence-electron chi connectivity index (χ1n) is 10.5. The van der Waals surface area contributed by atoms with Crippen molar-refractivity contribution in [1.82, 2.24) is 0 Å². The number of anilines is 1. The second kappa shape index (κ2) is 8.74. The largest absolute Gasteiger partial charge is 0.486 e. The van der Waals surface area contributed by atoms with Crippen LogP contribution in [0.2, 0.25) is 0 Å². The summed E-state index contributed by atoms with van der Waals surface area (Å²) in [6.45, 7) is -0.207. The molecule has 1 aliphatic carbocycles. The molecule has 1 N–H and O–H groups in total. The third-order valence-electron chi connectivity index (χ3n) is 5.73. The predicted molar refractivity (Wildman–Crippen MR) is 116 cm³/mol. The number of hydrogen-bond donors (Lipinski definition) is 1. The SMILES string of the molecule is O=C(O)CCC1CN(S(=O)(=O)c2cccc(C(F)(F)F)c2)c2cc(C3=CCCC3)ccc2O1. The van der Waals surface area contributed by atoms with Crippen LogP contribution < -0.4 is 9.04 Å². The summed E-state index contributed by atoms with van der Waals surface area (Å²) >= 11 is 0. The molecule has 176 valence electrons. The molecule has 2 aromatic carbocycles. The summed E-state index contributed by atoms with van der Waals surface area (Å²) in [5, 5.41) is 9.01. The number of benzene rings is 2. The first kappa shape index (κ1) is 23.2. The van der Waals surface area contributed by atoms with E-state index in [0.29, 0.717) is 6.07 Å². The Bertz CT molecular complexity index is 1210. The van der Waals surface area contributed by atoms with E-state index >= 15 is 0 Å². The van der Waals surface area contributed by atoms with Gasteiger partial charge in [0.25, 0.3) is 10.0 Å². The predicted octanol–water partition coefficient (Wildman–Crippen LogP) is 5.09. The highest BCUT2D eigenvalue weighted by atomic mass is 32.2. The van der Waals surface area contributed by atoms with Crippen LogP contribution in [0.5, 0.6) is 5.75 Å². The molecule has 33 heavy (non-hydrogen) atoms. The summed E-state index contributed by atoms with van der Waals surface area (Å²) in [4.78, 5) is 10.5. The molecule has 0 aromatic heterocycles. The molecule has 0 saturated carbocycles. The molecule has 0 spiro atoms. The lowest BCUT2D eigenvalue weighted by Gasteiger charge is -2.36. The van der Waals surface area contributed by atoms with Crippen molar-refractivity contribution in [3.05, 3.63) is 59.7 Å². The molecule has 1 atom stereocenters. The molecule has 4 rings (SSSR count). The van der Waals surface area contributed by atoms with E-state index in [-0.39, 0.29) is 30.8 Å². The second-order valence-electron chi connectivity index (χ2n) is 8.04. The van der Waals surface area contributed by atoms with Crippen LogP contribution in [0.4, 0.5) is 18.9 Å². The van der Waals surface area contributed by atoms with E-state index in [1.54, 1.807) is 12.1 Å². The molecule has 0 saturated heterocycles. The maximum Gasteiger partial charge on any atom is 0.416 e. The molecule has 1 heterocycles. The molecular weight excluding hydrogens is 459 g/mol. The van der Waals surface area contributed by atoms with E-state index in [1.165, 1.54) is 0 Å². The van der Waals surface area contributed by atoms with Crippen LogP contribution in [0, 0.1) is 0 Å². The first-order valence-corrected chi connectivity index (χ1v) is 11.9. The van der Waals surface area contributed by atoms with Gasteiger partial charge < -0.3 is 9.84 Å². The molecule has 0 radical (unpaired) electrons. The molecule has 10 heteroatoms. The Morgan fingerprint density at radius 2 is 1.97 bits per heavy atom. The fraction of sp³-hybridized carbons (Fsp3) is 0.348. The first-order chi connectivity index (χ1) is 15.6. The fourth-order valence-electron chi connectivity index (χ4n) is 4.07. The number of sulfonamides is 1. The number of rotatable bonds is 6. The zero-order valence-electron chi connectivity index (χ0n) is 17.5. The van der Waals surface area contributed by atoms with Crippen LogP contribution in [-0.2, 0) is 21.0 Å². The van der Waals surface area contributed by atoms with Crippen molar-refractivity contribution in [3.63, 3.8) is 0 Å². The average Bonchev–Trinajstić information content (AvgIpc) is 3.31. The Hall–Kier alpha value is -3.01. The van der Waals surface area contributed by atoms with Crippen molar-refractivity contribution >= 4 is 27.3 Å². The molecule has 1 unspecified atom stereocenters. The fourth-order valence-corrected chi connectivity index (χ4v) is 5.61. The Kier molecular flexibility index (Phi) is 6.13. The van der Waals surface area contributed by atoms with Gasteiger partial charge in [-0.15, -0.1) is 0 Å². The normalized spacial score (nSPS) is 18.5. The lowest BCUT2D eigenvalue weighted by Crippen LogP contribution is -2.43. The third kappa shape index (κ3) is 4.85. The summed E-state index contributed by atoms with van der Waals surface area (Å²) in [7, 11) is -4.38. The van der Waals surface area contributed by atoms with Gasteiger partial charge in [0.2, 0.25) is 0 Å². The smallest absolute Gasteiger partial charge is 0.416 e. The number of alkyl halides is 3. The van der Waals surface area contributed by atoms with Gasteiger partial charge in [-0.2, -0.15) is 13.2 Å². The number of carboxylic acids is 1. The monoisotopic (exact) mass is 481 g/mol. The molecular formula is C23H22F3NO5S. The van der Waals surface area contributed by atoms with Gasteiger partial charge in [-0.1, -0.05) is 18.2 Å². The van der Waals surface area contributed by atoms with E-state index in [0.717, 1.165) is 52.9 Å². The Labute approximate surface area is 189 Å². The van der Waals surface area contributed by atoms with Crippen LogP contribution in [0.1, 0.15) is 43.2 Å². The lowest BCUT2D eigenvalue weighted by molar-refractivity contribution is -0.138. The van der Waals surface area contributed by atoms with E-state index in [2.05, 4.69) is 6.08 Å². The highest BCUT2D eigenvalue weighted by Gasteiger charge is 2.37. The van der Waals surface area contributed by atoms with Gasteiger partial charge >= 0.3 is 12.1 Å². The number of halogens is 3. The maximum absolute atomic E-state index is 13.5. The number of ether oxygens (including phenoxy) is 1. The Morgan fingerprint density at radius 3 is 2.64 bits per heavy atom. The number of aliphatic carboxylic acids is 1. The highest BCUT2D eigenvalue weighted by molar-refractivity contribution is 7.92. The number of fused-ring (bicyclic) bond motifs is 1. The van der Waals surface area contributed by atoms with Crippen molar-refractivity contribution in [1.29, 1.82) is 0 Å². The number of hydrogen-bond acceptors (Lipinski definition) is 4. The highest BCUT2D eigenvalue weighted by Crippen LogP contribution is 2.41. The van der Waals surface area contributed by atoms with Crippen LogP contribution in [0.15, 0.2) is 53.4 Å². The summed E-state index contributed by atoms with van der Waals surface area (Å²) in [6.07, 6.45) is -0.794. The molecule has 0 fully saturated rings. The van der Waals surface area contributed by atoms with Crippen molar-refractivity contribution < 1.29 is 36.2 Å². The van der Waals surface area contributed by atoms with Gasteiger partial charge in [0, 0.05) is 6.42 Å². The van der Waals surface area contributed by atoms with Crippen LogP contribution >= 0.6 is 0 Å². The van der Waals surface area contributed by atoms with Crippen molar-refractivity contribution in [3.8, 4) is 5.75 Å². The minimum absolute atomic E-state index is 0.0519. The molecule has 2 aromatic rings. The van der Waals surface area contributed by atoms with E-state index in [1.807, 2.05) is 6.07 Å². The zero-order chi connectivity index (χ0) is 23.8. The number of carbonyl (C=O) groups is 1. The Morgan fingerprint density at radius 1 is 1.18 bits per heavy atom. The summed E-state index contributed by atoms with van der Waals surface area (Å²) in [5.41, 5.74) is 1.05.